The number of non-ortho nitro benzene ring substituents is 1. The third kappa shape index (κ3) is 4.91. The van der Waals surface area contributed by atoms with Crippen LogP contribution in [-0.4, -0.2) is 35.6 Å². The lowest BCUT2D eigenvalue weighted by Crippen LogP contribution is -2.39. The molecule has 0 aliphatic carbocycles. The van der Waals surface area contributed by atoms with Crippen LogP contribution in [0.4, 0.5) is 5.69 Å². The summed E-state index contributed by atoms with van der Waals surface area (Å²) < 4.78 is 17.3. The number of hydrogen-bond donors (Lipinski definition) is 0. The highest BCUT2D eigenvalue weighted by Crippen LogP contribution is 2.36. The Balaban J connectivity index is 1.92. The van der Waals surface area contributed by atoms with E-state index in [-0.39, 0.29) is 22.8 Å². The Bertz CT molecular complexity index is 1630. The maximum Gasteiger partial charge on any atom is 0.338 e. The maximum absolute atomic E-state index is 13.6. The monoisotopic (exact) mass is 523 g/mol. The number of esters is 2. The van der Waals surface area contributed by atoms with Crippen molar-refractivity contribution in [3.05, 3.63) is 94.7 Å². The van der Waals surface area contributed by atoms with E-state index in [0.717, 1.165) is 11.3 Å². The lowest BCUT2D eigenvalue weighted by molar-refractivity contribution is -0.384. The van der Waals surface area contributed by atoms with Crippen LogP contribution in [0.25, 0.3) is 6.08 Å². The van der Waals surface area contributed by atoms with Gasteiger partial charge in [-0.2, -0.15) is 0 Å². The summed E-state index contributed by atoms with van der Waals surface area (Å²) in [5, 5.41) is 10.9. The first kappa shape index (κ1) is 25.5. The molecule has 0 N–H and O–H groups in total. The fourth-order valence-corrected chi connectivity index (χ4v) is 4.99. The van der Waals surface area contributed by atoms with Crippen molar-refractivity contribution < 1.29 is 28.7 Å². The van der Waals surface area contributed by atoms with Gasteiger partial charge < -0.3 is 14.2 Å². The van der Waals surface area contributed by atoms with Crippen molar-refractivity contribution in [2.75, 3.05) is 14.2 Å². The molecule has 0 spiro atoms. The molecule has 1 aliphatic rings. The Hall–Kier alpha value is -4.58. The van der Waals surface area contributed by atoms with Crippen LogP contribution in [0.3, 0.4) is 0 Å². The number of fused-ring (bicyclic) bond motifs is 1. The molecule has 1 aromatic heterocycles. The van der Waals surface area contributed by atoms with Gasteiger partial charge in [0.2, 0.25) is 0 Å². The standard InChI is InChI=1S/C25H21N3O8S/c1-13-21(24(31)35-4)22(16-7-10-18(36-14(2)29)19(12-16)34-3)27-23(30)20(37-25(27)26-13)11-15-5-8-17(9-6-15)28(32)33/h5-12,22H,1-4H3/b20-11+. The minimum Gasteiger partial charge on any atom is -0.493 e. The molecule has 4 rings (SSSR count). The number of nitro groups is 1. The fourth-order valence-electron chi connectivity index (χ4n) is 3.95. The normalized spacial score (nSPS) is 15.0. The molecule has 0 amide bonds. The van der Waals surface area contributed by atoms with Gasteiger partial charge in [-0.25, -0.2) is 9.79 Å². The first-order chi connectivity index (χ1) is 17.6. The van der Waals surface area contributed by atoms with Crippen molar-refractivity contribution >= 4 is 35.0 Å². The number of carbonyl (C=O) groups excluding carboxylic acids is 2. The fraction of sp³-hybridized carbons (Fsp3) is 0.200. The number of rotatable bonds is 6. The average Bonchev–Trinajstić information content (AvgIpc) is 3.17. The zero-order chi connectivity index (χ0) is 26.9. The van der Waals surface area contributed by atoms with Crippen molar-refractivity contribution in [2.24, 2.45) is 4.99 Å². The molecular formula is C25H21N3O8S. The predicted molar refractivity (Wildman–Crippen MR) is 133 cm³/mol. The number of methoxy groups -OCH3 is 2. The smallest absolute Gasteiger partial charge is 0.338 e. The molecule has 2 heterocycles. The number of carbonyl (C=O) groups is 2. The van der Waals surface area contributed by atoms with Crippen molar-refractivity contribution in [3.63, 3.8) is 0 Å². The molecule has 0 fully saturated rings. The van der Waals surface area contributed by atoms with E-state index in [9.17, 15) is 24.5 Å². The summed E-state index contributed by atoms with van der Waals surface area (Å²) in [6, 6.07) is 9.60. The van der Waals surface area contributed by atoms with E-state index in [0.29, 0.717) is 26.2 Å². The van der Waals surface area contributed by atoms with Gasteiger partial charge in [0.05, 0.1) is 41.0 Å². The van der Waals surface area contributed by atoms with Crippen LogP contribution in [-0.2, 0) is 14.3 Å². The van der Waals surface area contributed by atoms with E-state index in [1.54, 1.807) is 25.1 Å². The van der Waals surface area contributed by atoms with Gasteiger partial charge in [0.1, 0.15) is 0 Å². The molecule has 1 aliphatic heterocycles. The molecule has 0 radical (unpaired) electrons. The first-order valence-corrected chi connectivity index (χ1v) is 11.7. The van der Waals surface area contributed by atoms with Crippen LogP contribution in [0, 0.1) is 10.1 Å². The van der Waals surface area contributed by atoms with Crippen LogP contribution >= 0.6 is 11.3 Å². The van der Waals surface area contributed by atoms with Crippen molar-refractivity contribution in [1.29, 1.82) is 0 Å². The third-order valence-electron chi connectivity index (χ3n) is 5.59. The summed E-state index contributed by atoms with van der Waals surface area (Å²) in [6.45, 7) is 2.91. The topological polar surface area (TPSA) is 139 Å². The first-order valence-electron chi connectivity index (χ1n) is 10.9. The van der Waals surface area contributed by atoms with E-state index in [4.69, 9.17) is 14.2 Å². The highest BCUT2D eigenvalue weighted by atomic mass is 32.1. The average molecular weight is 524 g/mol. The Morgan fingerprint density at radius 1 is 1.14 bits per heavy atom. The van der Waals surface area contributed by atoms with Crippen LogP contribution < -0.4 is 24.4 Å². The van der Waals surface area contributed by atoms with Crippen LogP contribution in [0.2, 0.25) is 0 Å². The highest BCUT2D eigenvalue weighted by Gasteiger charge is 2.33. The Morgan fingerprint density at radius 2 is 1.84 bits per heavy atom. The predicted octanol–water partition coefficient (Wildman–Crippen LogP) is 2.25. The lowest BCUT2D eigenvalue weighted by Gasteiger charge is -2.25. The molecule has 37 heavy (non-hydrogen) atoms. The Labute approximate surface area is 213 Å². The third-order valence-corrected chi connectivity index (χ3v) is 6.57. The van der Waals surface area contributed by atoms with Crippen LogP contribution in [0.5, 0.6) is 11.5 Å². The lowest BCUT2D eigenvalue weighted by atomic mass is 9.95. The van der Waals surface area contributed by atoms with Crippen molar-refractivity contribution in [1.82, 2.24) is 4.57 Å². The zero-order valence-electron chi connectivity index (χ0n) is 20.2. The minimum absolute atomic E-state index is 0.0666. The van der Waals surface area contributed by atoms with Gasteiger partial charge >= 0.3 is 11.9 Å². The summed E-state index contributed by atoms with van der Waals surface area (Å²) in [5.41, 5.74) is 1.16. The van der Waals surface area contributed by atoms with Gasteiger partial charge in [0, 0.05) is 19.1 Å². The molecule has 2 aromatic carbocycles. The minimum atomic E-state index is -0.900. The molecule has 11 nitrogen and oxygen atoms in total. The maximum atomic E-state index is 13.6. The molecule has 0 saturated heterocycles. The van der Waals surface area contributed by atoms with E-state index in [2.05, 4.69) is 4.99 Å². The number of thiazole rings is 1. The van der Waals surface area contributed by atoms with Gasteiger partial charge in [0.25, 0.3) is 11.2 Å². The highest BCUT2D eigenvalue weighted by molar-refractivity contribution is 7.07. The quantitative estimate of drug-likeness (QED) is 0.207. The van der Waals surface area contributed by atoms with E-state index >= 15 is 0 Å². The molecule has 0 bridgehead atoms. The van der Waals surface area contributed by atoms with E-state index < -0.39 is 28.5 Å². The molecular weight excluding hydrogens is 502 g/mol. The van der Waals surface area contributed by atoms with Gasteiger partial charge in [-0.1, -0.05) is 17.4 Å². The SMILES string of the molecule is COC(=O)C1=C(C)N=c2s/c(=C/c3ccc([N+](=O)[O-])cc3)c(=O)n2C1c1ccc(OC(C)=O)c(OC)c1. The number of aromatic nitrogens is 1. The van der Waals surface area contributed by atoms with E-state index in [1.165, 1.54) is 56.0 Å². The molecule has 12 heteroatoms. The summed E-state index contributed by atoms with van der Waals surface area (Å²) in [5.74, 6) is -0.764. The van der Waals surface area contributed by atoms with Crippen molar-refractivity contribution in [2.45, 2.75) is 19.9 Å². The van der Waals surface area contributed by atoms with Gasteiger partial charge in [-0.3, -0.25) is 24.3 Å². The molecule has 1 atom stereocenters. The van der Waals surface area contributed by atoms with Crippen LogP contribution in [0.15, 0.2) is 63.5 Å². The number of nitro benzene ring substituents is 1. The largest absolute Gasteiger partial charge is 0.493 e. The Morgan fingerprint density at radius 3 is 2.43 bits per heavy atom. The van der Waals surface area contributed by atoms with Gasteiger partial charge in [-0.15, -0.1) is 0 Å². The van der Waals surface area contributed by atoms with E-state index in [1.807, 2.05) is 0 Å². The molecule has 0 saturated carbocycles. The summed E-state index contributed by atoms with van der Waals surface area (Å²) in [4.78, 5) is 53.2. The zero-order valence-corrected chi connectivity index (χ0v) is 21.0. The number of ether oxygens (including phenoxy) is 3. The number of allylic oxidation sites excluding steroid dienone is 1. The molecule has 190 valence electrons. The number of hydrogen-bond acceptors (Lipinski definition) is 10. The second-order valence-corrected chi connectivity index (χ2v) is 8.94. The van der Waals surface area contributed by atoms with Crippen molar-refractivity contribution in [3.8, 4) is 11.5 Å². The summed E-state index contributed by atoms with van der Waals surface area (Å²) >= 11 is 1.12. The molecule has 3 aromatic rings. The Kier molecular flexibility index (Phi) is 7.02. The second kappa shape index (κ2) is 10.2. The van der Waals surface area contributed by atoms with Gasteiger partial charge in [-0.05, 0) is 48.4 Å². The number of nitrogens with zero attached hydrogens (tertiary/aromatic N) is 3. The second-order valence-electron chi connectivity index (χ2n) is 7.93. The molecule has 1 unspecified atom stereocenters. The number of benzene rings is 2. The summed E-state index contributed by atoms with van der Waals surface area (Å²) in [6.07, 6.45) is 1.60. The summed E-state index contributed by atoms with van der Waals surface area (Å²) in [7, 11) is 2.65. The van der Waals surface area contributed by atoms with Crippen LogP contribution in [0.1, 0.15) is 31.0 Å². The van der Waals surface area contributed by atoms with Gasteiger partial charge in [0.15, 0.2) is 16.3 Å².